The van der Waals surface area contributed by atoms with E-state index < -0.39 is 62.4 Å². The van der Waals surface area contributed by atoms with E-state index >= 15 is 0 Å². The number of aliphatic hydroxyl groups is 1. The molecule has 0 aliphatic heterocycles. The quantitative estimate of drug-likeness (QED) is 0.484. The van der Waals surface area contributed by atoms with Crippen LogP contribution in [0.15, 0.2) is 41.3 Å². The zero-order valence-electron chi connectivity index (χ0n) is 16.7. The van der Waals surface area contributed by atoms with Gasteiger partial charge >= 0.3 is 0 Å². The topological polar surface area (TPSA) is 95.5 Å². The number of carbonyl (C=O) groups excluding carboxylic acids is 1. The number of nitrogens with one attached hydrogen (secondary N) is 2. The minimum Gasteiger partial charge on any atom is -0.384 e. The Morgan fingerprint density at radius 1 is 1.06 bits per heavy atom. The monoisotopic (exact) mass is 496 g/mol. The van der Waals surface area contributed by atoms with Gasteiger partial charge in [-0.05, 0) is 55.2 Å². The van der Waals surface area contributed by atoms with Crippen LogP contribution in [0.4, 0.5) is 32.0 Å². The fourth-order valence-electron chi connectivity index (χ4n) is 3.41. The van der Waals surface area contributed by atoms with Crippen LogP contribution >= 0.6 is 0 Å². The number of rotatable bonds is 8. The van der Waals surface area contributed by atoms with Crippen LogP contribution in [0, 0.1) is 17.6 Å². The summed E-state index contributed by atoms with van der Waals surface area (Å²) in [6.45, 7) is -0.334. The van der Waals surface area contributed by atoms with Gasteiger partial charge in [0.05, 0.1) is 5.56 Å². The van der Waals surface area contributed by atoms with Gasteiger partial charge in [0.25, 0.3) is 18.8 Å². The van der Waals surface area contributed by atoms with Crippen LogP contribution in [0.25, 0.3) is 0 Å². The van der Waals surface area contributed by atoms with Crippen molar-refractivity contribution < 1.29 is 44.7 Å². The molecule has 13 heteroatoms. The number of sulfonamides is 1. The lowest BCUT2D eigenvalue weighted by Gasteiger charge is -2.42. The second kappa shape index (κ2) is 9.31. The van der Waals surface area contributed by atoms with E-state index in [4.69, 9.17) is 0 Å². The molecule has 0 heterocycles. The largest absolute Gasteiger partial charge is 0.384 e. The highest BCUT2D eigenvalue weighted by Crippen LogP contribution is 2.41. The Kier molecular flexibility index (Phi) is 7.05. The van der Waals surface area contributed by atoms with Gasteiger partial charge in [0.1, 0.15) is 22.1 Å². The van der Waals surface area contributed by atoms with Crippen LogP contribution in [0.1, 0.15) is 35.2 Å². The molecule has 6 nitrogen and oxygen atoms in total. The summed E-state index contributed by atoms with van der Waals surface area (Å²) in [5, 5.41) is 11.7. The molecule has 1 aliphatic carbocycles. The Hall–Kier alpha value is -2.64. The average Bonchev–Trinajstić information content (AvgIpc) is 2.71. The lowest BCUT2D eigenvalue weighted by Crippen LogP contribution is -2.52. The molecule has 0 spiro atoms. The van der Waals surface area contributed by atoms with E-state index in [2.05, 4.69) is 10.0 Å². The zero-order chi connectivity index (χ0) is 24.6. The first-order valence-electron chi connectivity index (χ1n) is 9.51. The van der Waals surface area contributed by atoms with Crippen molar-refractivity contribution in [3.8, 4) is 0 Å². The molecule has 180 valence electrons. The van der Waals surface area contributed by atoms with Gasteiger partial charge in [0.15, 0.2) is 0 Å². The van der Waals surface area contributed by atoms with Gasteiger partial charge in [-0.15, -0.1) is 0 Å². The Labute approximate surface area is 184 Å². The minimum atomic E-state index is -4.50. The normalized spacial score (nSPS) is 20.7. The predicted octanol–water partition coefficient (Wildman–Crippen LogP) is 3.84. The Bertz CT molecular complexity index is 1150. The van der Waals surface area contributed by atoms with Gasteiger partial charge in [-0.1, -0.05) is 0 Å². The maximum Gasteiger partial charge on any atom is 0.266 e. The summed E-state index contributed by atoms with van der Waals surface area (Å²) in [5.74, 6) is -3.93. The van der Waals surface area contributed by atoms with Gasteiger partial charge in [-0.3, -0.25) is 4.79 Å². The van der Waals surface area contributed by atoms with Crippen molar-refractivity contribution in [3.63, 3.8) is 0 Å². The van der Waals surface area contributed by atoms with Crippen LogP contribution in [0.3, 0.4) is 0 Å². The SMILES string of the molecule is O=C(Nc1ccc(F)c(C(F)F)c1)c1ccc(F)c(S(=O)(=O)NCC2CC(O)(C(F)F)C2)c1. The highest BCUT2D eigenvalue weighted by atomic mass is 32.2. The molecule has 2 aromatic carbocycles. The molecule has 1 fully saturated rings. The highest BCUT2D eigenvalue weighted by Gasteiger charge is 2.49. The fraction of sp³-hybridized carbons (Fsp3) is 0.350. The van der Waals surface area contributed by atoms with Gasteiger partial charge in [0, 0.05) is 17.8 Å². The number of halogens is 6. The lowest BCUT2D eigenvalue weighted by atomic mass is 9.71. The number of benzene rings is 2. The number of anilines is 1. The summed E-state index contributed by atoms with van der Waals surface area (Å²) >= 11 is 0. The molecule has 0 atom stereocenters. The van der Waals surface area contributed by atoms with Crippen LogP contribution in [0.5, 0.6) is 0 Å². The fourth-order valence-corrected chi connectivity index (χ4v) is 4.63. The highest BCUT2D eigenvalue weighted by molar-refractivity contribution is 7.89. The second-order valence-electron chi connectivity index (χ2n) is 7.67. The van der Waals surface area contributed by atoms with Crippen molar-refractivity contribution in [1.29, 1.82) is 0 Å². The molecular formula is C20H18F6N2O4S. The summed E-state index contributed by atoms with van der Waals surface area (Å²) < 4.78 is 106. The van der Waals surface area contributed by atoms with Gasteiger partial charge in [-0.2, -0.15) is 0 Å². The predicted molar refractivity (Wildman–Crippen MR) is 105 cm³/mol. The van der Waals surface area contributed by atoms with Crippen LogP contribution < -0.4 is 10.0 Å². The van der Waals surface area contributed by atoms with Crippen LogP contribution in [0.2, 0.25) is 0 Å². The molecule has 3 N–H and O–H groups in total. The van der Waals surface area contributed by atoms with Crippen molar-refractivity contribution in [2.24, 2.45) is 5.92 Å². The van der Waals surface area contributed by atoms with Crippen molar-refractivity contribution in [2.45, 2.75) is 36.2 Å². The molecular weight excluding hydrogens is 478 g/mol. The van der Waals surface area contributed by atoms with Gasteiger partial charge in [-0.25, -0.2) is 39.5 Å². The molecule has 0 aromatic heterocycles. The molecule has 0 unspecified atom stereocenters. The maximum absolute atomic E-state index is 14.2. The molecule has 0 bridgehead atoms. The molecule has 1 aliphatic rings. The molecule has 1 saturated carbocycles. The number of carbonyl (C=O) groups is 1. The Morgan fingerprint density at radius 3 is 2.30 bits per heavy atom. The molecule has 0 radical (unpaired) electrons. The number of hydrogen-bond acceptors (Lipinski definition) is 4. The van der Waals surface area contributed by atoms with Crippen LogP contribution in [-0.2, 0) is 10.0 Å². The number of hydrogen-bond donors (Lipinski definition) is 3. The first-order chi connectivity index (χ1) is 15.3. The first kappa shape index (κ1) is 25.0. The Morgan fingerprint density at radius 2 is 1.70 bits per heavy atom. The van der Waals surface area contributed by atoms with Gasteiger partial charge < -0.3 is 10.4 Å². The second-order valence-corrected chi connectivity index (χ2v) is 9.40. The summed E-state index contributed by atoms with van der Waals surface area (Å²) in [6.07, 6.45) is -6.79. The number of alkyl halides is 4. The first-order valence-corrected chi connectivity index (χ1v) is 11.0. The summed E-state index contributed by atoms with van der Waals surface area (Å²) in [5.41, 5.74) is -3.66. The third kappa shape index (κ3) is 5.47. The van der Waals surface area contributed by atoms with E-state index in [1.165, 1.54) is 0 Å². The molecule has 3 rings (SSSR count). The minimum absolute atomic E-state index is 0.194. The number of amides is 1. The smallest absolute Gasteiger partial charge is 0.266 e. The summed E-state index contributed by atoms with van der Waals surface area (Å²) in [4.78, 5) is 11.5. The van der Waals surface area contributed by atoms with E-state index in [0.717, 1.165) is 18.2 Å². The third-order valence-corrected chi connectivity index (χ3v) is 6.66. The van der Waals surface area contributed by atoms with E-state index in [1.807, 2.05) is 0 Å². The van der Waals surface area contributed by atoms with Crippen molar-refractivity contribution >= 4 is 21.6 Å². The lowest BCUT2D eigenvalue weighted by molar-refractivity contribution is -0.166. The molecule has 0 saturated heterocycles. The van der Waals surface area contributed by atoms with E-state index in [0.29, 0.717) is 18.2 Å². The van der Waals surface area contributed by atoms with E-state index in [1.54, 1.807) is 0 Å². The maximum atomic E-state index is 14.2. The van der Waals surface area contributed by atoms with Crippen molar-refractivity contribution in [3.05, 3.63) is 59.2 Å². The third-order valence-electron chi connectivity index (χ3n) is 5.22. The van der Waals surface area contributed by atoms with E-state index in [9.17, 15) is 44.7 Å². The van der Waals surface area contributed by atoms with Gasteiger partial charge in [0.2, 0.25) is 10.0 Å². The standard InChI is InChI=1S/C20H18F6N2O4S/c21-14-4-2-12(6-13(14)17(23)24)28-18(29)11-1-3-15(22)16(5-11)33(31,32)27-9-10-7-20(30,8-10)19(25)26/h1-6,10,17,19,27,30H,7-9H2,(H,28,29). The van der Waals surface area contributed by atoms with E-state index in [-0.39, 0.29) is 30.6 Å². The summed E-state index contributed by atoms with van der Waals surface area (Å²) in [6, 6.07) is 4.81. The molecule has 33 heavy (non-hydrogen) atoms. The van der Waals surface area contributed by atoms with Crippen molar-refractivity contribution in [1.82, 2.24) is 4.72 Å². The average molecular weight is 496 g/mol. The molecule has 2 aromatic rings. The van der Waals surface area contributed by atoms with Crippen LogP contribution in [-0.4, -0.2) is 38.0 Å². The van der Waals surface area contributed by atoms with Crippen molar-refractivity contribution in [2.75, 3.05) is 11.9 Å². The molecule has 1 amide bonds. The summed E-state index contributed by atoms with van der Waals surface area (Å²) in [7, 11) is -4.50. The Balaban J connectivity index is 1.72. The zero-order valence-corrected chi connectivity index (χ0v) is 17.5.